The molecule has 0 atom stereocenters. The summed E-state index contributed by atoms with van der Waals surface area (Å²) in [6.07, 6.45) is 3.29. The summed E-state index contributed by atoms with van der Waals surface area (Å²) in [5.41, 5.74) is 1.58. The fourth-order valence-electron chi connectivity index (χ4n) is 2.43. The van der Waals surface area contributed by atoms with Gasteiger partial charge in [-0.3, -0.25) is 4.79 Å². The SMILES string of the molecule is O=C(c1ccnn1-c1ccccc1)C1CCOCC1. The molecule has 1 fully saturated rings. The van der Waals surface area contributed by atoms with Crippen molar-refractivity contribution >= 4 is 5.78 Å². The molecule has 0 spiro atoms. The van der Waals surface area contributed by atoms with E-state index in [1.807, 2.05) is 30.3 Å². The lowest BCUT2D eigenvalue weighted by molar-refractivity contribution is 0.0540. The lowest BCUT2D eigenvalue weighted by Gasteiger charge is -2.21. The minimum Gasteiger partial charge on any atom is -0.381 e. The first-order valence-electron chi connectivity index (χ1n) is 6.57. The summed E-state index contributed by atoms with van der Waals surface area (Å²) < 4.78 is 7.03. The Balaban J connectivity index is 1.89. The van der Waals surface area contributed by atoms with Gasteiger partial charge in [0.1, 0.15) is 5.69 Å². The average Bonchev–Trinajstić information content (AvgIpc) is 2.98. The van der Waals surface area contributed by atoms with Crippen molar-refractivity contribution in [1.29, 1.82) is 0 Å². The van der Waals surface area contributed by atoms with Crippen LogP contribution in [-0.2, 0) is 4.74 Å². The van der Waals surface area contributed by atoms with Gasteiger partial charge in [-0.15, -0.1) is 0 Å². The molecule has 1 saturated heterocycles. The van der Waals surface area contributed by atoms with Crippen molar-refractivity contribution in [3.05, 3.63) is 48.3 Å². The molecular weight excluding hydrogens is 240 g/mol. The Labute approximate surface area is 112 Å². The zero-order chi connectivity index (χ0) is 13.1. The zero-order valence-corrected chi connectivity index (χ0v) is 10.7. The zero-order valence-electron chi connectivity index (χ0n) is 10.7. The molecule has 19 heavy (non-hydrogen) atoms. The normalized spacial score (nSPS) is 16.4. The fourth-order valence-corrected chi connectivity index (χ4v) is 2.43. The lowest BCUT2D eigenvalue weighted by Crippen LogP contribution is -2.25. The van der Waals surface area contributed by atoms with Crippen LogP contribution < -0.4 is 0 Å². The lowest BCUT2D eigenvalue weighted by atomic mass is 9.93. The molecule has 1 aliphatic heterocycles. The first kappa shape index (κ1) is 12.1. The maximum absolute atomic E-state index is 12.5. The number of ether oxygens (including phenoxy) is 1. The molecule has 4 nitrogen and oxygen atoms in total. The van der Waals surface area contributed by atoms with Crippen LogP contribution in [-0.4, -0.2) is 28.8 Å². The Bertz CT molecular complexity index is 557. The van der Waals surface area contributed by atoms with E-state index >= 15 is 0 Å². The molecule has 0 unspecified atom stereocenters. The van der Waals surface area contributed by atoms with Gasteiger partial charge >= 0.3 is 0 Å². The number of benzene rings is 1. The highest BCUT2D eigenvalue weighted by Gasteiger charge is 2.25. The Kier molecular flexibility index (Phi) is 3.42. The Morgan fingerprint density at radius 1 is 1.16 bits per heavy atom. The van der Waals surface area contributed by atoms with Crippen LogP contribution in [0.1, 0.15) is 23.3 Å². The third-order valence-corrected chi connectivity index (χ3v) is 3.49. The van der Waals surface area contributed by atoms with Gasteiger partial charge in [0.05, 0.1) is 11.9 Å². The van der Waals surface area contributed by atoms with E-state index < -0.39 is 0 Å². The van der Waals surface area contributed by atoms with E-state index in [0.29, 0.717) is 18.9 Å². The first-order chi connectivity index (χ1) is 9.36. The summed E-state index contributed by atoms with van der Waals surface area (Å²) in [5, 5.41) is 4.27. The number of para-hydroxylation sites is 1. The molecule has 0 saturated carbocycles. The van der Waals surface area contributed by atoms with Gasteiger partial charge in [-0.05, 0) is 31.0 Å². The maximum Gasteiger partial charge on any atom is 0.184 e. The van der Waals surface area contributed by atoms with Gasteiger partial charge in [0.2, 0.25) is 0 Å². The van der Waals surface area contributed by atoms with Crippen LogP contribution in [0, 0.1) is 5.92 Å². The van der Waals surface area contributed by atoms with Gasteiger partial charge in [-0.1, -0.05) is 18.2 Å². The number of rotatable bonds is 3. The van der Waals surface area contributed by atoms with Crippen LogP contribution in [0.15, 0.2) is 42.6 Å². The number of Topliss-reactive ketones (excluding diaryl/α,β-unsaturated/α-hetero) is 1. The third-order valence-electron chi connectivity index (χ3n) is 3.49. The van der Waals surface area contributed by atoms with Crippen LogP contribution in [0.25, 0.3) is 5.69 Å². The second kappa shape index (κ2) is 5.36. The van der Waals surface area contributed by atoms with Gasteiger partial charge in [-0.25, -0.2) is 4.68 Å². The van der Waals surface area contributed by atoms with Crippen molar-refractivity contribution in [1.82, 2.24) is 9.78 Å². The second-order valence-electron chi connectivity index (χ2n) is 4.71. The van der Waals surface area contributed by atoms with Gasteiger partial charge < -0.3 is 4.74 Å². The standard InChI is InChI=1S/C15H16N2O2/c18-15(12-7-10-19-11-8-12)14-6-9-16-17(14)13-4-2-1-3-5-13/h1-6,9,12H,7-8,10-11H2. The minimum atomic E-state index is 0.0629. The molecule has 98 valence electrons. The molecular formula is C15H16N2O2. The number of aromatic nitrogens is 2. The highest BCUT2D eigenvalue weighted by Crippen LogP contribution is 2.21. The molecule has 3 rings (SSSR count). The largest absolute Gasteiger partial charge is 0.381 e. The number of hydrogen-bond donors (Lipinski definition) is 0. The smallest absolute Gasteiger partial charge is 0.184 e. The summed E-state index contributed by atoms with van der Waals surface area (Å²) in [6.45, 7) is 1.35. The summed E-state index contributed by atoms with van der Waals surface area (Å²) in [4.78, 5) is 12.5. The molecule has 0 bridgehead atoms. The monoisotopic (exact) mass is 256 g/mol. The van der Waals surface area contributed by atoms with Gasteiger partial charge in [0.15, 0.2) is 5.78 Å². The quantitative estimate of drug-likeness (QED) is 0.792. The molecule has 1 aromatic carbocycles. The van der Waals surface area contributed by atoms with Crippen molar-refractivity contribution in [3.63, 3.8) is 0 Å². The Morgan fingerprint density at radius 2 is 1.89 bits per heavy atom. The number of carbonyl (C=O) groups is 1. The predicted octanol–water partition coefficient (Wildman–Crippen LogP) is 2.48. The van der Waals surface area contributed by atoms with E-state index in [4.69, 9.17) is 4.74 Å². The van der Waals surface area contributed by atoms with Crippen LogP contribution in [0.4, 0.5) is 0 Å². The van der Waals surface area contributed by atoms with Crippen molar-refractivity contribution in [3.8, 4) is 5.69 Å². The molecule has 0 N–H and O–H groups in total. The van der Waals surface area contributed by atoms with E-state index in [1.54, 1.807) is 16.9 Å². The highest BCUT2D eigenvalue weighted by molar-refractivity contribution is 5.96. The minimum absolute atomic E-state index is 0.0629. The molecule has 0 amide bonds. The maximum atomic E-state index is 12.5. The molecule has 1 aliphatic rings. The van der Waals surface area contributed by atoms with Crippen molar-refractivity contribution in [2.45, 2.75) is 12.8 Å². The van der Waals surface area contributed by atoms with Crippen LogP contribution in [0.3, 0.4) is 0 Å². The third kappa shape index (κ3) is 2.44. The van der Waals surface area contributed by atoms with E-state index in [9.17, 15) is 4.79 Å². The van der Waals surface area contributed by atoms with Gasteiger partial charge in [-0.2, -0.15) is 5.10 Å². The Morgan fingerprint density at radius 3 is 2.63 bits per heavy atom. The first-order valence-corrected chi connectivity index (χ1v) is 6.57. The topological polar surface area (TPSA) is 44.1 Å². The average molecular weight is 256 g/mol. The second-order valence-corrected chi connectivity index (χ2v) is 4.71. The van der Waals surface area contributed by atoms with Crippen LogP contribution >= 0.6 is 0 Å². The van der Waals surface area contributed by atoms with Crippen LogP contribution in [0.5, 0.6) is 0 Å². The number of hydrogen-bond acceptors (Lipinski definition) is 3. The van der Waals surface area contributed by atoms with E-state index in [-0.39, 0.29) is 11.7 Å². The number of nitrogens with zero attached hydrogens (tertiary/aromatic N) is 2. The number of ketones is 1. The molecule has 2 aromatic rings. The predicted molar refractivity (Wildman–Crippen MR) is 71.4 cm³/mol. The summed E-state index contributed by atoms with van der Waals surface area (Å²) >= 11 is 0. The molecule has 4 heteroatoms. The number of carbonyl (C=O) groups excluding carboxylic acids is 1. The van der Waals surface area contributed by atoms with E-state index in [0.717, 1.165) is 18.5 Å². The van der Waals surface area contributed by atoms with Crippen molar-refractivity contribution < 1.29 is 9.53 Å². The van der Waals surface area contributed by atoms with Gasteiger partial charge in [0, 0.05) is 19.1 Å². The van der Waals surface area contributed by atoms with E-state index in [1.165, 1.54) is 0 Å². The fraction of sp³-hybridized carbons (Fsp3) is 0.333. The van der Waals surface area contributed by atoms with Crippen molar-refractivity contribution in [2.24, 2.45) is 5.92 Å². The Hall–Kier alpha value is -1.94. The summed E-state index contributed by atoms with van der Waals surface area (Å²) in [6, 6.07) is 11.5. The molecule has 2 heterocycles. The molecule has 0 aliphatic carbocycles. The summed E-state index contributed by atoms with van der Waals surface area (Å²) in [5.74, 6) is 0.234. The van der Waals surface area contributed by atoms with Crippen molar-refractivity contribution in [2.75, 3.05) is 13.2 Å². The molecule has 0 radical (unpaired) electrons. The summed E-state index contributed by atoms with van der Waals surface area (Å²) in [7, 11) is 0. The molecule has 1 aromatic heterocycles. The van der Waals surface area contributed by atoms with E-state index in [2.05, 4.69) is 5.10 Å². The van der Waals surface area contributed by atoms with Gasteiger partial charge in [0.25, 0.3) is 0 Å². The highest BCUT2D eigenvalue weighted by atomic mass is 16.5. The van der Waals surface area contributed by atoms with Crippen LogP contribution in [0.2, 0.25) is 0 Å².